The monoisotopic (exact) mass is 159 g/mol. The maximum atomic E-state index is 5.74. The fourth-order valence-electron chi connectivity index (χ4n) is 1.55. The molecule has 0 radical (unpaired) electrons. The molecule has 0 aromatic heterocycles. The number of morpholine rings is 1. The van der Waals surface area contributed by atoms with Gasteiger partial charge < -0.3 is 10.1 Å². The third-order valence-electron chi connectivity index (χ3n) is 2.20. The Labute approximate surface area is 65.7 Å². The highest BCUT2D eigenvalue weighted by Crippen LogP contribution is 2.31. The Morgan fingerprint density at radius 1 is 1.50 bits per heavy atom. The quantitative estimate of drug-likeness (QED) is 0.555. The molecule has 10 heavy (non-hydrogen) atoms. The summed E-state index contributed by atoms with van der Waals surface area (Å²) < 4.78 is 5.74. The van der Waals surface area contributed by atoms with Gasteiger partial charge in [-0.25, -0.2) is 0 Å². The highest BCUT2D eigenvalue weighted by Gasteiger charge is 2.36. The highest BCUT2D eigenvalue weighted by atomic mass is 32.2. The first-order valence-electron chi connectivity index (χ1n) is 3.84. The Morgan fingerprint density at radius 2 is 2.50 bits per heavy atom. The summed E-state index contributed by atoms with van der Waals surface area (Å²) in [6.45, 7) is 3.01. The number of hydrogen-bond donors (Lipinski definition) is 1. The first kappa shape index (κ1) is 6.95. The predicted octanol–water partition coefficient (Wildman–Crippen LogP) is 0.482. The number of hydrogen-bond acceptors (Lipinski definition) is 3. The summed E-state index contributed by atoms with van der Waals surface area (Å²) in [5, 5.41) is 3.38. The number of rotatable bonds is 0. The van der Waals surface area contributed by atoms with Gasteiger partial charge in [0.05, 0.1) is 12.2 Å². The van der Waals surface area contributed by atoms with Crippen molar-refractivity contribution in [2.24, 2.45) is 0 Å². The van der Waals surface area contributed by atoms with E-state index in [9.17, 15) is 0 Å². The van der Waals surface area contributed by atoms with Gasteiger partial charge in [0.1, 0.15) is 0 Å². The van der Waals surface area contributed by atoms with Crippen LogP contribution in [0.5, 0.6) is 0 Å². The summed E-state index contributed by atoms with van der Waals surface area (Å²) in [5.41, 5.74) is 0.225. The number of thioether (sulfide) groups is 1. The molecule has 0 amide bonds. The Bertz CT molecular complexity index is 115. The third-order valence-corrected chi connectivity index (χ3v) is 3.42. The Kier molecular flexibility index (Phi) is 1.89. The molecular weight excluding hydrogens is 146 g/mol. The fraction of sp³-hybridized carbons (Fsp3) is 1.00. The SMILES string of the molecule is C1CO[C@@]2(CCSC2)CN1. The molecule has 58 valence electrons. The van der Waals surface area contributed by atoms with Crippen molar-refractivity contribution in [3.8, 4) is 0 Å². The predicted molar refractivity (Wildman–Crippen MR) is 43.5 cm³/mol. The van der Waals surface area contributed by atoms with Crippen molar-refractivity contribution in [3.05, 3.63) is 0 Å². The maximum Gasteiger partial charge on any atom is 0.0904 e. The van der Waals surface area contributed by atoms with E-state index in [1.807, 2.05) is 11.8 Å². The Hall–Kier alpha value is 0.270. The van der Waals surface area contributed by atoms with Crippen LogP contribution >= 0.6 is 11.8 Å². The average Bonchev–Trinajstić information content (AvgIpc) is 2.39. The van der Waals surface area contributed by atoms with Gasteiger partial charge in [-0.2, -0.15) is 11.8 Å². The van der Waals surface area contributed by atoms with Gasteiger partial charge in [0.15, 0.2) is 0 Å². The van der Waals surface area contributed by atoms with E-state index in [1.54, 1.807) is 0 Å². The van der Waals surface area contributed by atoms with Crippen molar-refractivity contribution in [2.45, 2.75) is 12.0 Å². The minimum absolute atomic E-state index is 0.225. The largest absolute Gasteiger partial charge is 0.371 e. The van der Waals surface area contributed by atoms with Gasteiger partial charge in [0, 0.05) is 18.8 Å². The van der Waals surface area contributed by atoms with Gasteiger partial charge >= 0.3 is 0 Å². The molecule has 0 saturated carbocycles. The Balaban J connectivity index is 1.98. The molecule has 2 saturated heterocycles. The van der Waals surface area contributed by atoms with Crippen LogP contribution in [0.3, 0.4) is 0 Å². The zero-order valence-electron chi connectivity index (χ0n) is 6.06. The molecule has 0 aromatic carbocycles. The molecule has 3 heteroatoms. The van der Waals surface area contributed by atoms with E-state index >= 15 is 0 Å². The first-order valence-corrected chi connectivity index (χ1v) is 4.99. The molecule has 0 aromatic rings. The lowest BCUT2D eigenvalue weighted by Crippen LogP contribution is -2.49. The molecule has 1 N–H and O–H groups in total. The third kappa shape index (κ3) is 1.18. The minimum Gasteiger partial charge on any atom is -0.371 e. The molecule has 0 bridgehead atoms. The van der Waals surface area contributed by atoms with Crippen molar-refractivity contribution in [3.63, 3.8) is 0 Å². The summed E-state index contributed by atoms with van der Waals surface area (Å²) in [6.07, 6.45) is 1.24. The molecule has 2 nitrogen and oxygen atoms in total. The lowest BCUT2D eigenvalue weighted by molar-refractivity contribution is -0.0462. The normalized spacial score (nSPS) is 40.8. The van der Waals surface area contributed by atoms with E-state index in [0.29, 0.717) is 0 Å². The molecule has 2 aliphatic heterocycles. The van der Waals surface area contributed by atoms with Crippen LogP contribution in [0.1, 0.15) is 6.42 Å². The van der Waals surface area contributed by atoms with Crippen LogP contribution in [-0.4, -0.2) is 36.8 Å². The van der Waals surface area contributed by atoms with Crippen LogP contribution in [-0.2, 0) is 4.74 Å². The second kappa shape index (κ2) is 2.72. The van der Waals surface area contributed by atoms with Gasteiger partial charge in [0.2, 0.25) is 0 Å². The van der Waals surface area contributed by atoms with Gasteiger partial charge in [-0.3, -0.25) is 0 Å². The lowest BCUT2D eigenvalue weighted by atomic mass is 10.0. The second-order valence-corrected chi connectivity index (χ2v) is 4.12. The van der Waals surface area contributed by atoms with Gasteiger partial charge in [-0.15, -0.1) is 0 Å². The van der Waals surface area contributed by atoms with E-state index in [1.165, 1.54) is 17.9 Å². The van der Waals surface area contributed by atoms with Crippen LogP contribution in [0.2, 0.25) is 0 Å². The first-order chi connectivity index (χ1) is 4.91. The summed E-state index contributed by atoms with van der Waals surface area (Å²) in [4.78, 5) is 0. The topological polar surface area (TPSA) is 21.3 Å². The molecule has 2 heterocycles. The highest BCUT2D eigenvalue weighted by molar-refractivity contribution is 7.99. The fourth-order valence-corrected chi connectivity index (χ4v) is 2.91. The number of ether oxygens (including phenoxy) is 1. The zero-order chi connectivity index (χ0) is 6.86. The van der Waals surface area contributed by atoms with Crippen molar-refractivity contribution in [2.75, 3.05) is 31.2 Å². The van der Waals surface area contributed by atoms with E-state index in [-0.39, 0.29) is 5.60 Å². The van der Waals surface area contributed by atoms with Gasteiger partial charge in [0.25, 0.3) is 0 Å². The van der Waals surface area contributed by atoms with Gasteiger partial charge in [-0.1, -0.05) is 0 Å². The standard InChI is InChI=1S/C7H13NOS/c1-4-10-6-7(1)5-8-2-3-9-7/h8H,1-6H2/t7-/m0/s1. The molecule has 1 atom stereocenters. The summed E-state index contributed by atoms with van der Waals surface area (Å²) in [5.74, 6) is 2.47. The maximum absolute atomic E-state index is 5.74. The van der Waals surface area contributed by atoms with Crippen molar-refractivity contribution in [1.82, 2.24) is 5.32 Å². The molecule has 0 aliphatic carbocycles. The van der Waals surface area contributed by atoms with E-state index in [4.69, 9.17) is 4.74 Å². The summed E-state index contributed by atoms with van der Waals surface area (Å²) in [7, 11) is 0. The van der Waals surface area contributed by atoms with Crippen LogP contribution in [0, 0.1) is 0 Å². The van der Waals surface area contributed by atoms with Crippen LogP contribution in [0.15, 0.2) is 0 Å². The lowest BCUT2D eigenvalue weighted by Gasteiger charge is -2.33. The summed E-state index contributed by atoms with van der Waals surface area (Å²) in [6, 6.07) is 0. The zero-order valence-corrected chi connectivity index (χ0v) is 6.88. The average molecular weight is 159 g/mol. The van der Waals surface area contributed by atoms with Crippen LogP contribution < -0.4 is 5.32 Å². The molecule has 1 spiro atoms. The van der Waals surface area contributed by atoms with E-state index in [0.717, 1.165) is 19.7 Å². The van der Waals surface area contributed by atoms with Crippen molar-refractivity contribution in [1.29, 1.82) is 0 Å². The minimum atomic E-state index is 0.225. The molecule has 2 aliphatic rings. The van der Waals surface area contributed by atoms with Crippen molar-refractivity contribution < 1.29 is 4.74 Å². The molecule has 2 rings (SSSR count). The Morgan fingerprint density at radius 3 is 3.10 bits per heavy atom. The van der Waals surface area contributed by atoms with E-state index < -0.39 is 0 Å². The van der Waals surface area contributed by atoms with Crippen LogP contribution in [0.25, 0.3) is 0 Å². The molecule has 0 unspecified atom stereocenters. The van der Waals surface area contributed by atoms with Crippen LogP contribution in [0.4, 0.5) is 0 Å². The second-order valence-electron chi connectivity index (χ2n) is 3.01. The van der Waals surface area contributed by atoms with Gasteiger partial charge in [-0.05, 0) is 12.2 Å². The van der Waals surface area contributed by atoms with E-state index in [2.05, 4.69) is 5.32 Å². The smallest absolute Gasteiger partial charge is 0.0904 e. The van der Waals surface area contributed by atoms with Crippen molar-refractivity contribution >= 4 is 11.8 Å². The number of nitrogens with one attached hydrogen (secondary N) is 1. The summed E-state index contributed by atoms with van der Waals surface area (Å²) >= 11 is 2.01. The molecule has 2 fully saturated rings. The molecular formula is C7H13NOS.